The molecule has 144 valence electrons. The molecule has 0 N–H and O–H groups in total. The number of hydrogen-bond acceptors (Lipinski definition) is 5. The summed E-state index contributed by atoms with van der Waals surface area (Å²) in [6.45, 7) is 2.06. The average molecular weight is 525 g/mol. The van der Waals surface area contributed by atoms with Gasteiger partial charge in [0.25, 0.3) is 11.1 Å². The Hall–Kier alpha value is -1.90. The van der Waals surface area contributed by atoms with Crippen molar-refractivity contribution in [2.24, 2.45) is 0 Å². The molecule has 2 aromatic carbocycles. The first-order valence-corrected chi connectivity index (χ1v) is 10.8. The smallest absolute Gasteiger partial charge is 0.293 e. The molecule has 28 heavy (non-hydrogen) atoms. The van der Waals surface area contributed by atoms with Gasteiger partial charge in [-0.2, -0.15) is 0 Å². The van der Waals surface area contributed by atoms with Crippen molar-refractivity contribution in [2.75, 3.05) is 13.2 Å². The Morgan fingerprint density at radius 3 is 2.46 bits per heavy atom. The van der Waals surface area contributed by atoms with E-state index in [4.69, 9.17) is 4.74 Å². The number of carbonyl (C=O) groups excluding carboxylic acids is 3. The van der Waals surface area contributed by atoms with Gasteiger partial charge in [0.1, 0.15) is 5.75 Å². The summed E-state index contributed by atoms with van der Waals surface area (Å²) >= 11 is 7.52. The van der Waals surface area contributed by atoms with Gasteiger partial charge in [-0.05, 0) is 55.1 Å². The van der Waals surface area contributed by atoms with E-state index in [0.29, 0.717) is 23.5 Å². The van der Waals surface area contributed by atoms with Crippen LogP contribution in [0.5, 0.6) is 5.75 Å². The van der Waals surface area contributed by atoms with Crippen LogP contribution in [-0.4, -0.2) is 35.0 Å². The van der Waals surface area contributed by atoms with E-state index in [2.05, 4.69) is 31.9 Å². The number of hydrogen-bond donors (Lipinski definition) is 0. The predicted octanol–water partition coefficient (Wildman–Crippen LogP) is 5.53. The molecule has 0 unspecified atom stereocenters. The monoisotopic (exact) mass is 523 g/mol. The SMILES string of the molecule is CCOc1ccc(Br)cc1/C=C1/SC(=O)N(CC(=O)c2ccc(Br)cc2)C1=O. The first-order chi connectivity index (χ1) is 13.4. The van der Waals surface area contributed by atoms with Crippen molar-refractivity contribution < 1.29 is 19.1 Å². The van der Waals surface area contributed by atoms with Crippen LogP contribution in [-0.2, 0) is 4.79 Å². The average Bonchev–Trinajstić information content (AvgIpc) is 2.92. The summed E-state index contributed by atoms with van der Waals surface area (Å²) in [7, 11) is 0. The topological polar surface area (TPSA) is 63.7 Å². The van der Waals surface area contributed by atoms with Crippen LogP contribution in [0.25, 0.3) is 6.08 Å². The van der Waals surface area contributed by atoms with Crippen LogP contribution in [0.1, 0.15) is 22.8 Å². The number of ether oxygens (including phenoxy) is 1. The summed E-state index contributed by atoms with van der Waals surface area (Å²) in [5.41, 5.74) is 1.12. The minimum absolute atomic E-state index is 0.257. The molecule has 1 aliphatic heterocycles. The van der Waals surface area contributed by atoms with Crippen LogP contribution in [0.4, 0.5) is 4.79 Å². The molecule has 0 aromatic heterocycles. The van der Waals surface area contributed by atoms with E-state index in [-0.39, 0.29) is 17.2 Å². The van der Waals surface area contributed by atoms with Gasteiger partial charge < -0.3 is 4.74 Å². The summed E-state index contributed by atoms with van der Waals surface area (Å²) < 4.78 is 7.25. The van der Waals surface area contributed by atoms with Gasteiger partial charge in [-0.25, -0.2) is 0 Å². The molecule has 8 heteroatoms. The van der Waals surface area contributed by atoms with Gasteiger partial charge in [0, 0.05) is 20.1 Å². The quantitative estimate of drug-likeness (QED) is 0.367. The molecule has 0 atom stereocenters. The highest BCUT2D eigenvalue weighted by atomic mass is 79.9. The lowest BCUT2D eigenvalue weighted by Gasteiger charge is -2.11. The van der Waals surface area contributed by atoms with Crippen molar-refractivity contribution >= 4 is 66.6 Å². The molecular weight excluding hydrogens is 510 g/mol. The summed E-state index contributed by atoms with van der Waals surface area (Å²) in [6, 6.07) is 12.2. The third-order valence-corrected chi connectivity index (χ3v) is 5.83. The third-order valence-electron chi connectivity index (χ3n) is 3.90. The Balaban J connectivity index is 1.82. The van der Waals surface area contributed by atoms with Gasteiger partial charge in [-0.1, -0.05) is 44.0 Å². The van der Waals surface area contributed by atoms with Gasteiger partial charge in [-0.15, -0.1) is 0 Å². The molecular formula is C20H15Br2NO4S. The maximum Gasteiger partial charge on any atom is 0.293 e. The maximum atomic E-state index is 12.7. The lowest BCUT2D eigenvalue weighted by Crippen LogP contribution is -2.33. The highest BCUT2D eigenvalue weighted by Crippen LogP contribution is 2.35. The highest BCUT2D eigenvalue weighted by Gasteiger charge is 2.36. The van der Waals surface area contributed by atoms with Crippen molar-refractivity contribution in [3.63, 3.8) is 0 Å². The fourth-order valence-corrected chi connectivity index (χ4v) is 4.04. The van der Waals surface area contributed by atoms with Crippen LogP contribution in [0.2, 0.25) is 0 Å². The molecule has 1 aliphatic rings. The Morgan fingerprint density at radius 1 is 1.11 bits per heavy atom. The second-order valence-electron chi connectivity index (χ2n) is 5.81. The normalized spacial score (nSPS) is 15.4. The zero-order valence-corrected chi connectivity index (χ0v) is 18.8. The van der Waals surface area contributed by atoms with Gasteiger partial charge >= 0.3 is 0 Å². The molecule has 1 fully saturated rings. The molecule has 3 rings (SSSR count). The number of halogens is 2. The maximum absolute atomic E-state index is 12.7. The Bertz CT molecular complexity index is 973. The van der Waals surface area contributed by atoms with Crippen LogP contribution in [0.15, 0.2) is 56.3 Å². The molecule has 2 aromatic rings. The predicted molar refractivity (Wildman–Crippen MR) is 116 cm³/mol. The highest BCUT2D eigenvalue weighted by molar-refractivity contribution is 9.10. The van der Waals surface area contributed by atoms with E-state index in [0.717, 1.165) is 25.6 Å². The molecule has 0 saturated carbocycles. The first kappa shape index (κ1) is 20.8. The van der Waals surface area contributed by atoms with Crippen LogP contribution in [0.3, 0.4) is 0 Å². The molecule has 1 heterocycles. The van der Waals surface area contributed by atoms with Gasteiger partial charge in [0.15, 0.2) is 5.78 Å². The minimum atomic E-state index is -0.483. The molecule has 0 radical (unpaired) electrons. The summed E-state index contributed by atoms with van der Waals surface area (Å²) in [6.07, 6.45) is 1.62. The molecule has 5 nitrogen and oxygen atoms in total. The fraction of sp³-hybridized carbons (Fsp3) is 0.150. The number of thioether (sulfide) groups is 1. The number of amides is 2. The van der Waals surface area contributed by atoms with Crippen LogP contribution >= 0.6 is 43.6 Å². The number of Topliss-reactive ketones (excluding diaryl/α,β-unsaturated/α-hetero) is 1. The second-order valence-corrected chi connectivity index (χ2v) is 8.64. The van der Waals surface area contributed by atoms with Crippen molar-refractivity contribution in [3.8, 4) is 5.75 Å². The van der Waals surface area contributed by atoms with Crippen molar-refractivity contribution in [2.45, 2.75) is 6.92 Å². The number of imide groups is 1. The number of rotatable bonds is 6. The summed E-state index contributed by atoms with van der Waals surface area (Å²) in [4.78, 5) is 38.7. The number of carbonyl (C=O) groups is 3. The van der Waals surface area contributed by atoms with E-state index in [9.17, 15) is 14.4 Å². The van der Waals surface area contributed by atoms with Crippen molar-refractivity contribution in [3.05, 3.63) is 67.4 Å². The standard InChI is InChI=1S/C20H15Br2NO4S/c1-2-27-17-8-7-15(22)9-13(17)10-18-19(25)23(20(26)28-18)11-16(24)12-3-5-14(21)6-4-12/h3-10H,2,11H2,1H3/b18-10+. The van der Waals surface area contributed by atoms with E-state index in [1.807, 2.05) is 19.1 Å². The van der Waals surface area contributed by atoms with Gasteiger partial charge in [0.05, 0.1) is 18.1 Å². The number of ketones is 1. The Labute approximate surface area is 183 Å². The number of nitrogens with zero attached hydrogens (tertiary/aromatic N) is 1. The zero-order valence-electron chi connectivity index (χ0n) is 14.8. The molecule has 1 saturated heterocycles. The van der Waals surface area contributed by atoms with Crippen molar-refractivity contribution in [1.29, 1.82) is 0 Å². The van der Waals surface area contributed by atoms with E-state index in [1.54, 1.807) is 36.4 Å². The van der Waals surface area contributed by atoms with Crippen LogP contribution < -0.4 is 4.74 Å². The first-order valence-electron chi connectivity index (χ1n) is 8.35. The molecule has 0 aliphatic carbocycles. The van der Waals surface area contributed by atoms with Gasteiger partial charge in [0.2, 0.25) is 0 Å². The van der Waals surface area contributed by atoms with Crippen molar-refractivity contribution in [1.82, 2.24) is 4.90 Å². The number of benzene rings is 2. The molecule has 2 amide bonds. The lowest BCUT2D eigenvalue weighted by atomic mass is 10.1. The Kier molecular flexibility index (Phi) is 6.74. The largest absolute Gasteiger partial charge is 0.493 e. The summed E-state index contributed by atoms with van der Waals surface area (Å²) in [5, 5.41) is -0.463. The Morgan fingerprint density at radius 2 is 1.79 bits per heavy atom. The van der Waals surface area contributed by atoms with Crippen LogP contribution in [0, 0.1) is 0 Å². The van der Waals surface area contributed by atoms with E-state index < -0.39 is 11.1 Å². The zero-order chi connectivity index (χ0) is 20.3. The molecule has 0 spiro atoms. The van der Waals surface area contributed by atoms with Gasteiger partial charge in [-0.3, -0.25) is 19.3 Å². The van der Waals surface area contributed by atoms with E-state index >= 15 is 0 Å². The lowest BCUT2D eigenvalue weighted by molar-refractivity contribution is -0.122. The fourth-order valence-electron chi connectivity index (χ4n) is 2.57. The third kappa shape index (κ3) is 4.74. The minimum Gasteiger partial charge on any atom is -0.493 e. The molecule has 0 bridgehead atoms. The second kappa shape index (κ2) is 9.07. The van der Waals surface area contributed by atoms with E-state index in [1.165, 1.54) is 0 Å². The summed E-state index contributed by atoms with van der Waals surface area (Å²) in [5.74, 6) is -0.167.